The van der Waals surface area contributed by atoms with Crippen LogP contribution in [0, 0.1) is 12.3 Å². The molecule has 1 aromatic rings. The molecule has 1 unspecified atom stereocenters. The van der Waals surface area contributed by atoms with Crippen molar-refractivity contribution in [3.05, 3.63) is 36.2 Å². The van der Waals surface area contributed by atoms with E-state index in [9.17, 15) is 0 Å². The fraction of sp³-hybridized carbons (Fsp3) is 0.588. The first kappa shape index (κ1) is 14.4. The molecule has 1 aliphatic rings. The molecular formula is C17H26NO. The van der Waals surface area contributed by atoms with Crippen molar-refractivity contribution in [1.82, 2.24) is 5.32 Å². The van der Waals surface area contributed by atoms with Gasteiger partial charge in [-0.25, -0.2) is 0 Å². The van der Waals surface area contributed by atoms with Crippen molar-refractivity contribution >= 4 is 0 Å². The number of piperidine rings is 1. The van der Waals surface area contributed by atoms with E-state index in [0.717, 1.165) is 18.3 Å². The Kier molecular flexibility index (Phi) is 6.22. The summed E-state index contributed by atoms with van der Waals surface area (Å²) in [5, 5.41) is 3.47. The first-order chi connectivity index (χ1) is 9.38. The molecule has 1 aromatic carbocycles. The van der Waals surface area contributed by atoms with E-state index in [1.165, 1.54) is 50.8 Å². The average Bonchev–Trinajstić information content (AvgIpc) is 2.46. The molecule has 0 spiro atoms. The molecule has 1 fully saturated rings. The van der Waals surface area contributed by atoms with Crippen LogP contribution in [0.2, 0.25) is 0 Å². The van der Waals surface area contributed by atoms with Gasteiger partial charge in [-0.15, -0.1) is 0 Å². The fourth-order valence-corrected chi connectivity index (χ4v) is 2.70. The molecule has 2 heteroatoms. The topological polar surface area (TPSA) is 21.3 Å². The smallest absolute Gasteiger partial charge is 0.119 e. The van der Waals surface area contributed by atoms with Crippen molar-refractivity contribution in [3.8, 4) is 5.75 Å². The van der Waals surface area contributed by atoms with Gasteiger partial charge in [0.05, 0.1) is 6.61 Å². The molecule has 0 saturated carbocycles. The second-order valence-corrected chi connectivity index (χ2v) is 5.31. The summed E-state index contributed by atoms with van der Waals surface area (Å²) in [7, 11) is 0. The molecule has 1 N–H and O–H groups in total. The lowest BCUT2D eigenvalue weighted by molar-refractivity contribution is 0.340. The van der Waals surface area contributed by atoms with E-state index in [1.807, 2.05) is 13.0 Å². The maximum atomic E-state index is 5.53. The van der Waals surface area contributed by atoms with E-state index in [0.29, 0.717) is 0 Å². The Morgan fingerprint density at radius 1 is 1.32 bits per heavy atom. The van der Waals surface area contributed by atoms with Gasteiger partial charge in [0.15, 0.2) is 0 Å². The van der Waals surface area contributed by atoms with Crippen molar-refractivity contribution in [3.63, 3.8) is 0 Å². The predicted molar refractivity (Wildman–Crippen MR) is 80.4 cm³/mol. The van der Waals surface area contributed by atoms with Gasteiger partial charge in [0.2, 0.25) is 0 Å². The van der Waals surface area contributed by atoms with Crippen LogP contribution in [0.15, 0.2) is 24.3 Å². The summed E-state index contributed by atoms with van der Waals surface area (Å²) in [6.45, 7) is 5.12. The minimum Gasteiger partial charge on any atom is -0.494 e. The van der Waals surface area contributed by atoms with Crippen molar-refractivity contribution in [2.45, 2.75) is 39.0 Å². The van der Waals surface area contributed by atoms with Gasteiger partial charge in [-0.1, -0.05) is 18.6 Å². The van der Waals surface area contributed by atoms with Gasteiger partial charge in [0.25, 0.3) is 0 Å². The van der Waals surface area contributed by atoms with Crippen LogP contribution in [0.1, 0.15) is 38.2 Å². The third-order valence-corrected chi connectivity index (χ3v) is 3.73. The molecule has 1 saturated heterocycles. The largest absolute Gasteiger partial charge is 0.494 e. The third-order valence-electron chi connectivity index (χ3n) is 3.73. The zero-order valence-electron chi connectivity index (χ0n) is 12.0. The number of ether oxygens (including phenoxy) is 1. The standard InChI is InChI=1S/C17H26NO/c1-2-19-17-11-5-9-15(13-17)7-3-4-8-16-10-6-12-18-14-16/h5,9-11,13,16,18H,2-4,6-8,12,14H2,1H3. The van der Waals surface area contributed by atoms with E-state index >= 15 is 0 Å². The molecule has 0 aromatic heterocycles. The lowest BCUT2D eigenvalue weighted by Gasteiger charge is -2.22. The highest BCUT2D eigenvalue weighted by Gasteiger charge is 2.12. The summed E-state index contributed by atoms with van der Waals surface area (Å²) < 4.78 is 5.53. The monoisotopic (exact) mass is 260 g/mol. The summed E-state index contributed by atoms with van der Waals surface area (Å²) in [5.41, 5.74) is 1.40. The number of unbranched alkanes of at least 4 members (excludes halogenated alkanes) is 1. The normalized spacial score (nSPS) is 19.3. The zero-order chi connectivity index (χ0) is 13.3. The number of nitrogens with one attached hydrogen (secondary N) is 1. The van der Waals surface area contributed by atoms with Gasteiger partial charge in [-0.2, -0.15) is 0 Å². The van der Waals surface area contributed by atoms with Crippen LogP contribution in [-0.2, 0) is 6.42 Å². The molecule has 0 amide bonds. The number of aryl methyl sites for hydroxylation is 1. The summed E-state index contributed by atoms with van der Waals surface area (Å²) in [6.07, 6.45) is 8.83. The van der Waals surface area contributed by atoms with Crippen LogP contribution < -0.4 is 10.1 Å². The molecular weight excluding hydrogens is 234 g/mol. The Bertz CT molecular complexity index is 358. The quantitative estimate of drug-likeness (QED) is 0.756. The van der Waals surface area contributed by atoms with Gasteiger partial charge in [-0.05, 0) is 75.7 Å². The minimum absolute atomic E-state index is 0.744. The Morgan fingerprint density at radius 3 is 3.05 bits per heavy atom. The van der Waals surface area contributed by atoms with E-state index in [-0.39, 0.29) is 0 Å². The zero-order valence-corrected chi connectivity index (χ0v) is 12.0. The van der Waals surface area contributed by atoms with Crippen molar-refractivity contribution < 1.29 is 4.74 Å². The van der Waals surface area contributed by atoms with Crippen LogP contribution in [-0.4, -0.2) is 19.7 Å². The average molecular weight is 260 g/mol. The number of hydrogen-bond donors (Lipinski definition) is 1. The Morgan fingerprint density at radius 2 is 2.26 bits per heavy atom. The predicted octanol–water partition coefficient (Wildman–Crippen LogP) is 3.61. The highest BCUT2D eigenvalue weighted by atomic mass is 16.5. The number of rotatable bonds is 7. The Hall–Kier alpha value is -1.02. The van der Waals surface area contributed by atoms with Crippen LogP contribution in [0.4, 0.5) is 0 Å². The SMILES string of the molecule is CCOc1cccc(CCCCC2[CH]CCNC2)c1. The maximum absolute atomic E-state index is 5.53. The van der Waals surface area contributed by atoms with Crippen molar-refractivity contribution in [2.75, 3.05) is 19.7 Å². The van der Waals surface area contributed by atoms with E-state index < -0.39 is 0 Å². The molecule has 1 atom stereocenters. The highest BCUT2D eigenvalue weighted by molar-refractivity contribution is 5.28. The van der Waals surface area contributed by atoms with Gasteiger partial charge < -0.3 is 10.1 Å². The Balaban J connectivity index is 1.65. The lowest BCUT2D eigenvalue weighted by atomic mass is 9.93. The van der Waals surface area contributed by atoms with E-state index in [2.05, 4.69) is 29.9 Å². The van der Waals surface area contributed by atoms with Gasteiger partial charge >= 0.3 is 0 Å². The molecule has 2 rings (SSSR count). The highest BCUT2D eigenvalue weighted by Crippen LogP contribution is 2.19. The molecule has 1 heterocycles. The van der Waals surface area contributed by atoms with Crippen molar-refractivity contribution in [2.24, 2.45) is 5.92 Å². The molecule has 0 aliphatic carbocycles. The van der Waals surface area contributed by atoms with Gasteiger partial charge in [-0.3, -0.25) is 0 Å². The minimum atomic E-state index is 0.744. The lowest BCUT2D eigenvalue weighted by Crippen LogP contribution is -2.30. The van der Waals surface area contributed by atoms with Gasteiger partial charge in [0, 0.05) is 0 Å². The number of hydrogen-bond acceptors (Lipinski definition) is 2. The summed E-state index contributed by atoms with van der Waals surface area (Å²) in [5.74, 6) is 1.80. The van der Waals surface area contributed by atoms with E-state index in [4.69, 9.17) is 4.74 Å². The van der Waals surface area contributed by atoms with Crippen LogP contribution >= 0.6 is 0 Å². The Labute approximate surface area is 117 Å². The third kappa shape index (κ3) is 5.23. The summed E-state index contributed by atoms with van der Waals surface area (Å²) >= 11 is 0. The number of benzene rings is 1. The molecule has 0 bridgehead atoms. The van der Waals surface area contributed by atoms with Crippen LogP contribution in [0.3, 0.4) is 0 Å². The fourth-order valence-electron chi connectivity index (χ4n) is 2.70. The summed E-state index contributed by atoms with van der Waals surface area (Å²) in [4.78, 5) is 0. The maximum Gasteiger partial charge on any atom is 0.119 e. The first-order valence-corrected chi connectivity index (χ1v) is 7.64. The second kappa shape index (κ2) is 8.21. The van der Waals surface area contributed by atoms with Crippen LogP contribution in [0.5, 0.6) is 5.75 Å². The van der Waals surface area contributed by atoms with Crippen LogP contribution in [0.25, 0.3) is 0 Å². The second-order valence-electron chi connectivity index (χ2n) is 5.31. The summed E-state index contributed by atoms with van der Waals surface area (Å²) in [6, 6.07) is 8.52. The van der Waals surface area contributed by atoms with E-state index in [1.54, 1.807) is 0 Å². The van der Waals surface area contributed by atoms with Crippen molar-refractivity contribution in [1.29, 1.82) is 0 Å². The molecule has 1 radical (unpaired) electrons. The molecule has 105 valence electrons. The molecule has 1 aliphatic heterocycles. The first-order valence-electron chi connectivity index (χ1n) is 7.64. The molecule has 19 heavy (non-hydrogen) atoms. The van der Waals surface area contributed by atoms with Gasteiger partial charge in [0.1, 0.15) is 5.75 Å². The molecule has 2 nitrogen and oxygen atoms in total.